The fourth-order valence-corrected chi connectivity index (χ4v) is 3.30. The van der Waals surface area contributed by atoms with Gasteiger partial charge in [0.2, 0.25) is 0 Å². The van der Waals surface area contributed by atoms with Crippen molar-refractivity contribution >= 4 is 11.7 Å². The Balaban J connectivity index is 1.40. The van der Waals surface area contributed by atoms with E-state index < -0.39 is 0 Å². The first kappa shape index (κ1) is 18.8. The Labute approximate surface area is 155 Å². The number of amides is 1. The van der Waals surface area contributed by atoms with E-state index >= 15 is 0 Å². The van der Waals surface area contributed by atoms with Crippen molar-refractivity contribution in [1.29, 1.82) is 0 Å². The van der Waals surface area contributed by atoms with Gasteiger partial charge < -0.3 is 15.4 Å². The maximum absolute atomic E-state index is 12.3. The summed E-state index contributed by atoms with van der Waals surface area (Å²) in [7, 11) is 0. The van der Waals surface area contributed by atoms with Gasteiger partial charge in [-0.3, -0.25) is 9.69 Å². The highest BCUT2D eigenvalue weighted by Gasteiger charge is 2.12. The lowest BCUT2D eigenvalue weighted by atomic mass is 9.97. The second-order valence-corrected chi connectivity index (χ2v) is 6.78. The summed E-state index contributed by atoms with van der Waals surface area (Å²) in [5.41, 5.74) is 1.93. The number of carbonyl (C=O) groups excluding carboxylic acids is 1. The average Bonchev–Trinajstić information content (AvgIpc) is 2.70. The van der Waals surface area contributed by atoms with E-state index in [4.69, 9.17) is 4.74 Å². The number of nitrogens with one attached hydrogen (secondary N) is 2. The molecule has 2 N–H and O–H groups in total. The van der Waals surface area contributed by atoms with Crippen LogP contribution in [0.25, 0.3) is 0 Å². The zero-order chi connectivity index (χ0) is 18.0. The van der Waals surface area contributed by atoms with E-state index in [1.54, 1.807) is 6.07 Å². The van der Waals surface area contributed by atoms with Gasteiger partial charge in [-0.05, 0) is 32.1 Å². The smallest absolute Gasteiger partial charge is 0.270 e. The molecule has 7 heteroatoms. The van der Waals surface area contributed by atoms with Gasteiger partial charge in [-0.15, -0.1) is 0 Å². The Bertz CT molecular complexity index is 614. The molecule has 3 rings (SSSR count). The highest BCUT2D eigenvalue weighted by Crippen LogP contribution is 2.19. The molecule has 0 spiro atoms. The highest BCUT2D eigenvalue weighted by atomic mass is 16.5. The minimum atomic E-state index is -0.154. The number of rotatable bonds is 8. The van der Waals surface area contributed by atoms with Crippen molar-refractivity contribution < 1.29 is 9.53 Å². The fraction of sp³-hybridized carbons (Fsp3) is 0.632. The van der Waals surface area contributed by atoms with Gasteiger partial charge in [-0.2, -0.15) is 0 Å². The van der Waals surface area contributed by atoms with Crippen molar-refractivity contribution in [3.8, 4) is 0 Å². The van der Waals surface area contributed by atoms with Crippen molar-refractivity contribution in [2.24, 2.45) is 0 Å². The molecule has 2 heterocycles. The monoisotopic (exact) mass is 359 g/mol. The molecule has 26 heavy (non-hydrogen) atoms. The van der Waals surface area contributed by atoms with Crippen molar-refractivity contribution in [1.82, 2.24) is 20.2 Å². The van der Waals surface area contributed by atoms with Crippen LogP contribution in [0.5, 0.6) is 0 Å². The molecular weight excluding hydrogens is 330 g/mol. The molecule has 142 valence electrons. The molecule has 7 nitrogen and oxygen atoms in total. The molecule has 0 atom stereocenters. The second-order valence-electron chi connectivity index (χ2n) is 6.78. The van der Waals surface area contributed by atoms with Crippen LogP contribution < -0.4 is 10.6 Å². The summed E-state index contributed by atoms with van der Waals surface area (Å²) in [4.78, 5) is 22.9. The zero-order valence-corrected chi connectivity index (χ0v) is 15.4. The van der Waals surface area contributed by atoms with Gasteiger partial charge in [0.05, 0.1) is 13.2 Å². The number of anilines is 1. The summed E-state index contributed by atoms with van der Waals surface area (Å²) in [5, 5.41) is 6.23. The van der Waals surface area contributed by atoms with Crippen LogP contribution in [-0.2, 0) is 4.74 Å². The molecule has 0 unspecified atom stereocenters. The fourth-order valence-electron chi connectivity index (χ4n) is 3.30. The molecular formula is C19H29N5O2. The first-order valence-corrected chi connectivity index (χ1v) is 9.63. The van der Waals surface area contributed by atoms with Gasteiger partial charge in [0, 0.05) is 38.8 Å². The Hall–Kier alpha value is -1.99. The molecule has 0 radical (unpaired) electrons. The molecule has 0 saturated carbocycles. The SMILES string of the molecule is O=C(NCCN1CCOCC1)c1cc(NCCC2=CCCCC2)ncn1. The molecule has 1 aliphatic heterocycles. The van der Waals surface area contributed by atoms with Crippen LogP contribution in [0.2, 0.25) is 0 Å². The quantitative estimate of drug-likeness (QED) is 0.690. The molecule has 1 amide bonds. The van der Waals surface area contributed by atoms with E-state index in [9.17, 15) is 4.79 Å². The second kappa shape index (κ2) is 10.2. The Kier molecular flexibility index (Phi) is 7.39. The molecule has 1 fully saturated rings. The maximum atomic E-state index is 12.3. The summed E-state index contributed by atoms with van der Waals surface area (Å²) >= 11 is 0. The van der Waals surface area contributed by atoms with E-state index in [0.29, 0.717) is 18.1 Å². The van der Waals surface area contributed by atoms with Gasteiger partial charge in [0.1, 0.15) is 17.8 Å². The molecule has 1 aromatic rings. The molecule has 1 aliphatic carbocycles. The summed E-state index contributed by atoms with van der Waals surface area (Å²) < 4.78 is 5.32. The standard InChI is InChI=1S/C19H29N5O2/c25-19(21-8-9-24-10-12-26-13-11-24)17-14-18(23-15-22-17)20-7-6-16-4-2-1-3-5-16/h4,14-15H,1-3,5-13H2,(H,21,25)(H,20,22,23). The van der Waals surface area contributed by atoms with Crippen molar-refractivity contribution in [3.63, 3.8) is 0 Å². The van der Waals surface area contributed by atoms with Gasteiger partial charge in [-0.25, -0.2) is 9.97 Å². The number of carbonyl (C=O) groups is 1. The van der Waals surface area contributed by atoms with Crippen LogP contribution in [0.15, 0.2) is 24.0 Å². The van der Waals surface area contributed by atoms with Gasteiger partial charge in [-0.1, -0.05) is 11.6 Å². The van der Waals surface area contributed by atoms with Crippen LogP contribution in [0, 0.1) is 0 Å². The van der Waals surface area contributed by atoms with E-state index in [1.165, 1.54) is 37.6 Å². The minimum Gasteiger partial charge on any atom is -0.379 e. The summed E-state index contributed by atoms with van der Waals surface area (Å²) in [6.45, 7) is 5.67. The van der Waals surface area contributed by atoms with Gasteiger partial charge in [0.15, 0.2) is 0 Å². The number of aromatic nitrogens is 2. The van der Waals surface area contributed by atoms with Crippen molar-refractivity contribution in [2.75, 3.05) is 51.3 Å². The number of hydrogen-bond acceptors (Lipinski definition) is 6. The average molecular weight is 359 g/mol. The third kappa shape index (κ3) is 6.07. The van der Waals surface area contributed by atoms with Crippen LogP contribution >= 0.6 is 0 Å². The number of morpholine rings is 1. The van der Waals surface area contributed by atoms with Crippen LogP contribution in [-0.4, -0.2) is 66.7 Å². The third-order valence-electron chi connectivity index (χ3n) is 4.85. The molecule has 0 bridgehead atoms. The number of ether oxygens (including phenoxy) is 1. The third-order valence-corrected chi connectivity index (χ3v) is 4.85. The van der Waals surface area contributed by atoms with Crippen LogP contribution in [0.1, 0.15) is 42.6 Å². The van der Waals surface area contributed by atoms with Crippen LogP contribution in [0.4, 0.5) is 5.82 Å². The minimum absolute atomic E-state index is 0.154. The van der Waals surface area contributed by atoms with E-state index in [2.05, 4.69) is 31.6 Å². The molecule has 0 aromatic carbocycles. The lowest BCUT2D eigenvalue weighted by Crippen LogP contribution is -2.41. The lowest BCUT2D eigenvalue weighted by Gasteiger charge is -2.26. The van der Waals surface area contributed by atoms with Gasteiger partial charge >= 0.3 is 0 Å². The number of allylic oxidation sites excluding steroid dienone is 1. The highest BCUT2D eigenvalue weighted by molar-refractivity contribution is 5.92. The summed E-state index contributed by atoms with van der Waals surface area (Å²) in [6.07, 6.45) is 9.86. The summed E-state index contributed by atoms with van der Waals surface area (Å²) in [5.74, 6) is 0.549. The Morgan fingerprint density at radius 1 is 1.19 bits per heavy atom. The summed E-state index contributed by atoms with van der Waals surface area (Å²) in [6, 6.07) is 1.72. The van der Waals surface area contributed by atoms with Crippen LogP contribution in [0.3, 0.4) is 0 Å². The first-order valence-electron chi connectivity index (χ1n) is 9.63. The normalized spacial score (nSPS) is 18.2. The van der Waals surface area contributed by atoms with Crippen molar-refractivity contribution in [3.05, 3.63) is 29.7 Å². The predicted octanol–water partition coefficient (Wildman–Crippen LogP) is 1.84. The van der Waals surface area contributed by atoms with E-state index in [1.807, 2.05) is 0 Å². The first-order chi connectivity index (χ1) is 12.8. The molecule has 2 aliphatic rings. The largest absolute Gasteiger partial charge is 0.379 e. The predicted molar refractivity (Wildman–Crippen MR) is 101 cm³/mol. The maximum Gasteiger partial charge on any atom is 0.270 e. The molecule has 1 aromatic heterocycles. The molecule has 1 saturated heterocycles. The van der Waals surface area contributed by atoms with Gasteiger partial charge in [0.25, 0.3) is 5.91 Å². The van der Waals surface area contributed by atoms with E-state index in [0.717, 1.165) is 45.8 Å². The topological polar surface area (TPSA) is 79.4 Å². The number of nitrogens with zero attached hydrogens (tertiary/aromatic N) is 3. The van der Waals surface area contributed by atoms with Crippen molar-refractivity contribution in [2.45, 2.75) is 32.1 Å². The zero-order valence-electron chi connectivity index (χ0n) is 15.4. The lowest BCUT2D eigenvalue weighted by molar-refractivity contribution is 0.0383. The van der Waals surface area contributed by atoms with E-state index in [-0.39, 0.29) is 5.91 Å². The number of hydrogen-bond donors (Lipinski definition) is 2. The Morgan fingerprint density at radius 2 is 2.08 bits per heavy atom. The Morgan fingerprint density at radius 3 is 2.88 bits per heavy atom.